The van der Waals surface area contributed by atoms with E-state index in [0.29, 0.717) is 17.5 Å². The lowest BCUT2D eigenvalue weighted by atomic mass is 10.3. The summed E-state index contributed by atoms with van der Waals surface area (Å²) in [6.45, 7) is 4.45. The third kappa shape index (κ3) is 5.60. The first kappa shape index (κ1) is 20.9. The minimum absolute atomic E-state index is 0.184. The van der Waals surface area contributed by atoms with Crippen molar-refractivity contribution >= 4 is 17.7 Å². The van der Waals surface area contributed by atoms with Crippen LogP contribution in [0.4, 0.5) is 10.2 Å². The number of halogens is 1. The first-order chi connectivity index (χ1) is 14.3. The Balaban J connectivity index is 1.57. The van der Waals surface area contributed by atoms with Gasteiger partial charge in [-0.25, -0.2) is 19.2 Å². The van der Waals surface area contributed by atoms with Crippen molar-refractivity contribution in [3.63, 3.8) is 0 Å². The average molecular weight is 413 g/mol. The summed E-state index contributed by atoms with van der Waals surface area (Å²) in [6.07, 6.45) is 0. The molecule has 2 heterocycles. The molecule has 1 aromatic carbocycles. The Kier molecular flexibility index (Phi) is 6.35. The maximum absolute atomic E-state index is 13.1. The van der Waals surface area contributed by atoms with Crippen LogP contribution in [0.15, 0.2) is 36.4 Å². The summed E-state index contributed by atoms with van der Waals surface area (Å²) in [5.41, 5.74) is 2.17. The second-order valence-corrected chi connectivity index (χ2v) is 6.49. The summed E-state index contributed by atoms with van der Waals surface area (Å²) in [5.74, 6) is -0.980. The molecule has 0 aliphatic carbocycles. The van der Waals surface area contributed by atoms with Crippen LogP contribution in [0.5, 0.6) is 5.75 Å². The molecule has 10 heteroatoms. The van der Waals surface area contributed by atoms with E-state index in [1.54, 1.807) is 13.0 Å². The average Bonchev–Trinajstić information content (AvgIpc) is 3.04. The van der Waals surface area contributed by atoms with Gasteiger partial charge in [0.2, 0.25) is 0 Å². The lowest BCUT2D eigenvalue weighted by molar-refractivity contribution is -0.149. The molecule has 0 fully saturated rings. The summed E-state index contributed by atoms with van der Waals surface area (Å²) < 4.78 is 24.5. The van der Waals surface area contributed by atoms with Crippen molar-refractivity contribution in [3.05, 3.63) is 59.3 Å². The van der Waals surface area contributed by atoms with Crippen LogP contribution in [-0.2, 0) is 14.3 Å². The summed E-state index contributed by atoms with van der Waals surface area (Å²) in [7, 11) is 0. The van der Waals surface area contributed by atoms with Crippen molar-refractivity contribution in [2.24, 2.45) is 0 Å². The molecule has 0 spiro atoms. The number of aryl methyl sites for hydroxylation is 3. The van der Waals surface area contributed by atoms with E-state index in [4.69, 9.17) is 9.47 Å². The lowest BCUT2D eigenvalue weighted by Gasteiger charge is -2.09. The molecule has 0 saturated heterocycles. The number of amides is 1. The third-order valence-electron chi connectivity index (χ3n) is 3.78. The molecule has 1 amide bonds. The second kappa shape index (κ2) is 9.12. The minimum Gasteiger partial charge on any atom is -0.482 e. The molecule has 9 nitrogen and oxygen atoms in total. The first-order valence-corrected chi connectivity index (χ1v) is 9.03. The predicted octanol–water partition coefficient (Wildman–Crippen LogP) is 2.29. The van der Waals surface area contributed by atoms with E-state index in [2.05, 4.69) is 20.4 Å². The van der Waals surface area contributed by atoms with Gasteiger partial charge in [-0.1, -0.05) is 6.07 Å². The topological polar surface area (TPSA) is 108 Å². The molecule has 30 heavy (non-hydrogen) atoms. The van der Waals surface area contributed by atoms with E-state index >= 15 is 0 Å². The SMILES string of the molecule is Cc1cc(C)nc(-n2nc(C)cc2NC(=O)COC(=O)COc2cccc(F)c2)n1. The number of nitrogens with zero attached hydrogens (tertiary/aromatic N) is 4. The molecule has 0 aliphatic heterocycles. The van der Waals surface area contributed by atoms with Crippen LogP contribution in [0.2, 0.25) is 0 Å². The molecule has 0 aliphatic rings. The van der Waals surface area contributed by atoms with Crippen molar-refractivity contribution in [3.8, 4) is 11.7 Å². The first-order valence-electron chi connectivity index (χ1n) is 9.03. The van der Waals surface area contributed by atoms with Crippen LogP contribution in [0.25, 0.3) is 5.95 Å². The molecule has 0 radical (unpaired) electrons. The highest BCUT2D eigenvalue weighted by atomic mass is 19.1. The van der Waals surface area contributed by atoms with Gasteiger partial charge < -0.3 is 14.8 Å². The normalized spacial score (nSPS) is 10.5. The van der Waals surface area contributed by atoms with Crippen LogP contribution in [0, 0.1) is 26.6 Å². The van der Waals surface area contributed by atoms with E-state index < -0.39 is 30.9 Å². The van der Waals surface area contributed by atoms with Gasteiger partial charge in [-0.15, -0.1) is 0 Å². The van der Waals surface area contributed by atoms with E-state index in [-0.39, 0.29) is 5.75 Å². The molecule has 0 bridgehead atoms. The summed E-state index contributed by atoms with van der Waals surface area (Å²) in [6, 6.07) is 8.82. The molecule has 1 N–H and O–H groups in total. The smallest absolute Gasteiger partial charge is 0.344 e. The fourth-order valence-corrected chi connectivity index (χ4v) is 2.61. The largest absolute Gasteiger partial charge is 0.482 e. The van der Waals surface area contributed by atoms with Gasteiger partial charge in [0, 0.05) is 23.5 Å². The number of esters is 1. The predicted molar refractivity (Wildman–Crippen MR) is 105 cm³/mol. The lowest BCUT2D eigenvalue weighted by Crippen LogP contribution is -2.25. The maximum atomic E-state index is 13.1. The number of benzene rings is 1. The van der Waals surface area contributed by atoms with Crippen LogP contribution in [0.3, 0.4) is 0 Å². The number of aromatic nitrogens is 4. The van der Waals surface area contributed by atoms with Gasteiger partial charge in [-0.3, -0.25) is 4.79 Å². The summed E-state index contributed by atoms with van der Waals surface area (Å²) in [4.78, 5) is 32.6. The summed E-state index contributed by atoms with van der Waals surface area (Å²) in [5, 5.41) is 6.92. The Labute approximate surface area is 171 Å². The highest BCUT2D eigenvalue weighted by molar-refractivity contribution is 5.92. The number of rotatable bonds is 7. The van der Waals surface area contributed by atoms with Crippen LogP contribution in [0.1, 0.15) is 17.1 Å². The number of nitrogens with one attached hydrogen (secondary N) is 1. The Hall–Kier alpha value is -3.82. The van der Waals surface area contributed by atoms with Gasteiger partial charge in [0.15, 0.2) is 13.2 Å². The Morgan fingerprint density at radius 2 is 1.77 bits per heavy atom. The third-order valence-corrected chi connectivity index (χ3v) is 3.78. The van der Waals surface area contributed by atoms with Crippen molar-refractivity contribution in [2.45, 2.75) is 20.8 Å². The second-order valence-electron chi connectivity index (χ2n) is 6.49. The van der Waals surface area contributed by atoms with Gasteiger partial charge >= 0.3 is 5.97 Å². The number of anilines is 1. The highest BCUT2D eigenvalue weighted by Gasteiger charge is 2.15. The number of carbonyl (C=O) groups excluding carboxylic acids is 2. The molecule has 0 atom stereocenters. The Morgan fingerprint density at radius 3 is 2.47 bits per heavy atom. The van der Waals surface area contributed by atoms with Crippen LogP contribution < -0.4 is 10.1 Å². The molecular weight excluding hydrogens is 393 g/mol. The molecule has 156 valence electrons. The van der Waals surface area contributed by atoms with Crippen molar-refractivity contribution in [2.75, 3.05) is 18.5 Å². The van der Waals surface area contributed by atoms with Crippen LogP contribution >= 0.6 is 0 Å². The number of hydrogen-bond acceptors (Lipinski definition) is 7. The molecule has 3 aromatic rings. The number of ether oxygens (including phenoxy) is 2. The maximum Gasteiger partial charge on any atom is 0.344 e. The van der Waals surface area contributed by atoms with E-state index in [0.717, 1.165) is 17.5 Å². The highest BCUT2D eigenvalue weighted by Crippen LogP contribution is 2.15. The standard InChI is InChI=1S/C20H20FN5O4/c1-12-7-13(2)23-20(22-12)26-17(8-14(3)25-26)24-18(27)10-30-19(28)11-29-16-6-4-5-15(21)9-16/h4-9H,10-11H2,1-3H3,(H,24,27). The zero-order valence-corrected chi connectivity index (χ0v) is 16.7. The molecule has 0 saturated carbocycles. The van der Waals surface area contributed by atoms with Crippen molar-refractivity contribution in [1.82, 2.24) is 19.7 Å². The van der Waals surface area contributed by atoms with Gasteiger partial charge in [0.05, 0.1) is 5.69 Å². The quantitative estimate of drug-likeness (QED) is 0.592. The number of hydrogen-bond donors (Lipinski definition) is 1. The molecular formula is C20H20FN5O4. The molecule has 3 rings (SSSR count). The van der Waals surface area contributed by atoms with Crippen molar-refractivity contribution in [1.29, 1.82) is 0 Å². The van der Waals surface area contributed by atoms with Gasteiger partial charge in [0.25, 0.3) is 11.9 Å². The van der Waals surface area contributed by atoms with Crippen LogP contribution in [-0.4, -0.2) is 44.8 Å². The minimum atomic E-state index is -0.767. The number of carbonyl (C=O) groups is 2. The Bertz CT molecular complexity index is 1060. The zero-order valence-electron chi connectivity index (χ0n) is 16.7. The van der Waals surface area contributed by atoms with Gasteiger partial charge in [-0.2, -0.15) is 9.78 Å². The van der Waals surface area contributed by atoms with Gasteiger partial charge in [-0.05, 0) is 39.0 Å². The van der Waals surface area contributed by atoms with Gasteiger partial charge in [0.1, 0.15) is 17.4 Å². The van der Waals surface area contributed by atoms with E-state index in [9.17, 15) is 14.0 Å². The Morgan fingerprint density at radius 1 is 1.03 bits per heavy atom. The fourth-order valence-electron chi connectivity index (χ4n) is 2.61. The van der Waals surface area contributed by atoms with Crippen molar-refractivity contribution < 1.29 is 23.5 Å². The summed E-state index contributed by atoms with van der Waals surface area (Å²) >= 11 is 0. The molecule has 2 aromatic heterocycles. The zero-order chi connectivity index (χ0) is 21.7. The fraction of sp³-hybridized carbons (Fsp3) is 0.250. The van der Waals surface area contributed by atoms with E-state index in [1.165, 1.54) is 22.9 Å². The monoisotopic (exact) mass is 413 g/mol. The van der Waals surface area contributed by atoms with E-state index in [1.807, 2.05) is 19.9 Å². The molecule has 0 unspecified atom stereocenters.